The Morgan fingerprint density at radius 1 is 1.00 bits per heavy atom. The maximum atomic E-state index is 12.8. The maximum Gasteiger partial charge on any atom is 0.123 e. The van der Waals surface area contributed by atoms with Crippen molar-refractivity contribution in [3.63, 3.8) is 0 Å². The van der Waals surface area contributed by atoms with Gasteiger partial charge in [0.15, 0.2) is 0 Å². The highest BCUT2D eigenvalue weighted by atomic mass is 19.1. The first kappa shape index (κ1) is 12.1. The van der Waals surface area contributed by atoms with Gasteiger partial charge in [-0.05, 0) is 41.3 Å². The molecule has 0 saturated heterocycles. The summed E-state index contributed by atoms with van der Waals surface area (Å²) in [6.07, 6.45) is 1.52. The molecule has 0 aliphatic rings. The average molecular weight is 237 g/mol. The van der Waals surface area contributed by atoms with Crippen LogP contribution in [0.25, 0.3) is 16.7 Å². The molecule has 2 rings (SSSR count). The topological polar surface area (TPSA) is 23.8 Å². The zero-order chi connectivity index (χ0) is 13.0. The molecule has 18 heavy (non-hydrogen) atoms. The Kier molecular flexibility index (Phi) is 3.54. The quantitative estimate of drug-likeness (QED) is 0.709. The number of hydrogen-bond donors (Lipinski definition) is 0. The lowest BCUT2D eigenvalue weighted by Crippen LogP contribution is -1.82. The summed E-state index contributed by atoms with van der Waals surface area (Å²) in [5, 5.41) is 8.59. The van der Waals surface area contributed by atoms with Gasteiger partial charge < -0.3 is 0 Å². The summed E-state index contributed by atoms with van der Waals surface area (Å²) >= 11 is 0. The molecule has 0 spiro atoms. The van der Waals surface area contributed by atoms with Gasteiger partial charge in [0, 0.05) is 6.08 Å². The van der Waals surface area contributed by atoms with Gasteiger partial charge in [0.05, 0.1) is 6.07 Å². The fourth-order valence-corrected chi connectivity index (χ4v) is 1.75. The van der Waals surface area contributed by atoms with E-state index in [4.69, 9.17) is 5.26 Å². The molecule has 1 nitrogen and oxygen atoms in total. The van der Waals surface area contributed by atoms with Gasteiger partial charge in [-0.1, -0.05) is 36.4 Å². The minimum atomic E-state index is -0.233. The molecule has 2 heteroatoms. The van der Waals surface area contributed by atoms with Crippen LogP contribution in [0.5, 0.6) is 0 Å². The largest absolute Gasteiger partial charge is 0.207 e. The fraction of sp³-hybridized carbons (Fsp3) is 0.0625. The lowest BCUT2D eigenvalue weighted by molar-refractivity contribution is 0.628. The van der Waals surface area contributed by atoms with E-state index in [1.54, 1.807) is 12.1 Å². The number of nitrogens with zero attached hydrogens (tertiary/aromatic N) is 1. The Labute approximate surface area is 106 Å². The van der Waals surface area contributed by atoms with Crippen molar-refractivity contribution in [2.75, 3.05) is 0 Å². The van der Waals surface area contributed by atoms with Gasteiger partial charge in [-0.3, -0.25) is 0 Å². The molecule has 0 aliphatic carbocycles. The Hall–Kier alpha value is -2.40. The Bertz CT molecular complexity index is 601. The minimum absolute atomic E-state index is 0.233. The first-order chi connectivity index (χ1) is 8.70. The van der Waals surface area contributed by atoms with Crippen molar-refractivity contribution < 1.29 is 4.39 Å². The van der Waals surface area contributed by atoms with Crippen LogP contribution in [-0.2, 0) is 0 Å². The lowest BCUT2D eigenvalue weighted by Gasteiger charge is -2.04. The Balaban J connectivity index is 2.31. The molecule has 0 saturated carbocycles. The molecule has 0 atom stereocenters. The van der Waals surface area contributed by atoms with Crippen LogP contribution in [-0.4, -0.2) is 0 Å². The summed E-state index contributed by atoms with van der Waals surface area (Å²) in [7, 11) is 0. The molecule has 0 fully saturated rings. The van der Waals surface area contributed by atoms with Gasteiger partial charge >= 0.3 is 0 Å². The van der Waals surface area contributed by atoms with Crippen molar-refractivity contribution in [2.45, 2.75) is 6.92 Å². The highest BCUT2D eigenvalue weighted by Crippen LogP contribution is 2.22. The smallest absolute Gasteiger partial charge is 0.123 e. The molecule has 0 unspecified atom stereocenters. The normalized spacial score (nSPS) is 11.1. The molecule has 0 aromatic heterocycles. The Morgan fingerprint density at radius 3 is 2.00 bits per heavy atom. The van der Waals surface area contributed by atoms with E-state index in [-0.39, 0.29) is 5.82 Å². The van der Waals surface area contributed by atoms with Crippen LogP contribution in [0, 0.1) is 17.1 Å². The molecular weight excluding hydrogens is 225 g/mol. The van der Waals surface area contributed by atoms with E-state index >= 15 is 0 Å². The van der Waals surface area contributed by atoms with Crippen LogP contribution in [0.4, 0.5) is 4.39 Å². The van der Waals surface area contributed by atoms with Crippen molar-refractivity contribution in [3.05, 3.63) is 66.0 Å². The molecule has 0 aliphatic heterocycles. The zero-order valence-corrected chi connectivity index (χ0v) is 10.0. The van der Waals surface area contributed by atoms with Crippen LogP contribution in [0.2, 0.25) is 0 Å². The third-order valence-electron chi connectivity index (χ3n) is 2.80. The number of nitriles is 1. The average Bonchev–Trinajstić information content (AvgIpc) is 2.40. The zero-order valence-electron chi connectivity index (χ0n) is 10.0. The van der Waals surface area contributed by atoms with Crippen LogP contribution in [0.15, 0.2) is 54.6 Å². The number of allylic oxidation sites excluding steroid dienone is 2. The highest BCUT2D eigenvalue weighted by Gasteiger charge is 1.99. The van der Waals surface area contributed by atoms with E-state index in [1.807, 2.05) is 37.3 Å². The van der Waals surface area contributed by atoms with E-state index in [0.29, 0.717) is 0 Å². The molecule has 0 radical (unpaired) electrons. The van der Waals surface area contributed by atoms with E-state index in [1.165, 1.54) is 18.2 Å². The second-order valence-electron chi connectivity index (χ2n) is 4.04. The van der Waals surface area contributed by atoms with E-state index in [2.05, 4.69) is 0 Å². The van der Waals surface area contributed by atoms with Crippen LogP contribution >= 0.6 is 0 Å². The predicted octanol–water partition coefficient (Wildman–Crippen LogP) is 4.42. The van der Waals surface area contributed by atoms with Crippen LogP contribution < -0.4 is 0 Å². The molecule has 0 heterocycles. The fourth-order valence-electron chi connectivity index (χ4n) is 1.75. The predicted molar refractivity (Wildman–Crippen MR) is 71.1 cm³/mol. The molecule has 2 aromatic carbocycles. The SMILES string of the molecule is CC(=CC#N)c1ccc(-c2ccc(F)cc2)cc1. The third kappa shape index (κ3) is 2.64. The highest BCUT2D eigenvalue weighted by molar-refractivity contribution is 5.70. The van der Waals surface area contributed by atoms with E-state index in [9.17, 15) is 4.39 Å². The van der Waals surface area contributed by atoms with Crippen molar-refractivity contribution in [1.82, 2.24) is 0 Å². The maximum absolute atomic E-state index is 12.8. The Morgan fingerprint density at radius 2 is 1.50 bits per heavy atom. The lowest BCUT2D eigenvalue weighted by atomic mass is 10.0. The van der Waals surface area contributed by atoms with Crippen molar-refractivity contribution >= 4 is 5.57 Å². The van der Waals surface area contributed by atoms with E-state index < -0.39 is 0 Å². The molecule has 0 bridgehead atoms. The monoisotopic (exact) mass is 237 g/mol. The number of benzene rings is 2. The summed E-state index contributed by atoms with van der Waals surface area (Å²) < 4.78 is 12.8. The van der Waals surface area contributed by atoms with Gasteiger partial charge in [0.25, 0.3) is 0 Å². The molecule has 0 N–H and O–H groups in total. The van der Waals surface area contributed by atoms with Crippen molar-refractivity contribution in [3.8, 4) is 17.2 Å². The molecule has 2 aromatic rings. The van der Waals surface area contributed by atoms with Gasteiger partial charge in [-0.25, -0.2) is 4.39 Å². The van der Waals surface area contributed by atoms with Gasteiger partial charge in [0.1, 0.15) is 5.82 Å². The molecule has 88 valence electrons. The van der Waals surface area contributed by atoms with Gasteiger partial charge in [0.2, 0.25) is 0 Å². The van der Waals surface area contributed by atoms with Crippen molar-refractivity contribution in [2.24, 2.45) is 0 Å². The summed E-state index contributed by atoms with van der Waals surface area (Å²) in [6.45, 7) is 1.90. The summed E-state index contributed by atoms with van der Waals surface area (Å²) in [5.74, 6) is -0.233. The van der Waals surface area contributed by atoms with Crippen molar-refractivity contribution in [1.29, 1.82) is 5.26 Å². The second kappa shape index (κ2) is 5.29. The first-order valence-corrected chi connectivity index (χ1v) is 5.63. The minimum Gasteiger partial charge on any atom is -0.207 e. The number of halogens is 1. The summed E-state index contributed by atoms with van der Waals surface area (Å²) in [6, 6.07) is 16.3. The summed E-state index contributed by atoms with van der Waals surface area (Å²) in [4.78, 5) is 0. The number of hydrogen-bond acceptors (Lipinski definition) is 1. The standard InChI is InChI=1S/C16H12FN/c1-12(10-11-18)13-2-4-14(5-3-13)15-6-8-16(17)9-7-15/h2-10H,1H3. The van der Waals surface area contributed by atoms with Gasteiger partial charge in [-0.2, -0.15) is 5.26 Å². The van der Waals surface area contributed by atoms with Gasteiger partial charge in [-0.15, -0.1) is 0 Å². The number of rotatable bonds is 2. The van der Waals surface area contributed by atoms with Crippen LogP contribution in [0.3, 0.4) is 0 Å². The summed E-state index contributed by atoms with van der Waals surface area (Å²) in [5.41, 5.74) is 3.96. The van der Waals surface area contributed by atoms with E-state index in [0.717, 1.165) is 22.3 Å². The second-order valence-corrected chi connectivity index (χ2v) is 4.04. The first-order valence-electron chi connectivity index (χ1n) is 5.63. The molecule has 0 amide bonds. The third-order valence-corrected chi connectivity index (χ3v) is 2.80. The molecular formula is C16H12FN. The van der Waals surface area contributed by atoms with Crippen LogP contribution in [0.1, 0.15) is 12.5 Å².